The van der Waals surface area contributed by atoms with Crippen molar-refractivity contribution in [3.63, 3.8) is 0 Å². The van der Waals surface area contributed by atoms with Gasteiger partial charge >= 0.3 is 0 Å². The van der Waals surface area contributed by atoms with E-state index in [2.05, 4.69) is 10.00 Å². The van der Waals surface area contributed by atoms with Crippen LogP contribution in [0.25, 0.3) is 11.4 Å². The maximum Gasteiger partial charge on any atom is 0.295 e. The number of amides is 1. The van der Waals surface area contributed by atoms with Crippen LogP contribution in [0.4, 0.5) is 0 Å². The number of nitrogens with zero attached hydrogens (tertiary/aromatic N) is 4. The van der Waals surface area contributed by atoms with E-state index in [-0.39, 0.29) is 11.3 Å². The molecule has 1 unspecified atom stereocenters. The molecule has 2 aromatic carbocycles. The van der Waals surface area contributed by atoms with Crippen molar-refractivity contribution >= 4 is 17.4 Å². The SMILES string of the molecule is Cc1c(/C(O)=C2\C(=O)C(=O)N(CCCN3CCOCC3)C2c2ccccc2)cnn1-c1ccccc1. The van der Waals surface area contributed by atoms with Crippen molar-refractivity contribution in [3.05, 3.63) is 89.3 Å². The monoisotopic (exact) mass is 486 g/mol. The summed E-state index contributed by atoms with van der Waals surface area (Å²) >= 11 is 0. The summed E-state index contributed by atoms with van der Waals surface area (Å²) < 4.78 is 7.13. The first-order valence-corrected chi connectivity index (χ1v) is 12.3. The molecule has 36 heavy (non-hydrogen) atoms. The number of morpholine rings is 1. The Morgan fingerprint density at radius 1 is 1.00 bits per heavy atom. The number of hydrogen-bond donors (Lipinski definition) is 1. The smallest absolute Gasteiger partial charge is 0.295 e. The Hall–Kier alpha value is -3.75. The second-order valence-electron chi connectivity index (χ2n) is 9.10. The molecule has 1 N–H and O–H groups in total. The highest BCUT2D eigenvalue weighted by molar-refractivity contribution is 6.46. The number of carbonyl (C=O) groups is 2. The molecule has 3 heterocycles. The van der Waals surface area contributed by atoms with Crippen LogP contribution in [-0.4, -0.2) is 75.8 Å². The van der Waals surface area contributed by atoms with Gasteiger partial charge in [-0.05, 0) is 31.0 Å². The maximum atomic E-state index is 13.3. The van der Waals surface area contributed by atoms with E-state index in [0.29, 0.717) is 31.0 Å². The average molecular weight is 487 g/mol. The lowest BCUT2D eigenvalue weighted by Crippen LogP contribution is -2.38. The summed E-state index contributed by atoms with van der Waals surface area (Å²) in [7, 11) is 0. The number of benzene rings is 2. The zero-order valence-electron chi connectivity index (χ0n) is 20.3. The Bertz CT molecular complexity index is 1260. The van der Waals surface area contributed by atoms with Crippen LogP contribution in [0.2, 0.25) is 0 Å². The highest BCUT2D eigenvalue weighted by Gasteiger charge is 2.46. The van der Waals surface area contributed by atoms with Gasteiger partial charge in [0.15, 0.2) is 0 Å². The molecule has 1 atom stereocenters. The molecule has 2 fully saturated rings. The summed E-state index contributed by atoms with van der Waals surface area (Å²) in [6.07, 6.45) is 2.27. The van der Waals surface area contributed by atoms with E-state index < -0.39 is 17.7 Å². The van der Waals surface area contributed by atoms with Crippen molar-refractivity contribution in [2.75, 3.05) is 39.4 Å². The normalized spacial score (nSPS) is 20.2. The highest BCUT2D eigenvalue weighted by Crippen LogP contribution is 2.40. The Morgan fingerprint density at radius 2 is 1.67 bits per heavy atom. The van der Waals surface area contributed by atoms with Gasteiger partial charge in [-0.15, -0.1) is 0 Å². The second kappa shape index (κ2) is 10.5. The summed E-state index contributed by atoms with van der Waals surface area (Å²) in [5, 5.41) is 15.9. The van der Waals surface area contributed by atoms with Crippen LogP contribution in [-0.2, 0) is 14.3 Å². The third-order valence-electron chi connectivity index (χ3n) is 6.90. The molecule has 3 aromatic rings. The van der Waals surface area contributed by atoms with Crippen molar-refractivity contribution in [2.45, 2.75) is 19.4 Å². The zero-order chi connectivity index (χ0) is 25.1. The van der Waals surface area contributed by atoms with Gasteiger partial charge in [-0.25, -0.2) is 4.68 Å². The number of rotatable bonds is 7. The van der Waals surface area contributed by atoms with Crippen LogP contribution in [0.15, 0.2) is 72.4 Å². The molecule has 186 valence electrons. The lowest BCUT2D eigenvalue weighted by Gasteiger charge is -2.29. The van der Waals surface area contributed by atoms with Crippen molar-refractivity contribution in [1.29, 1.82) is 0 Å². The number of aliphatic hydroxyl groups is 1. The summed E-state index contributed by atoms with van der Waals surface area (Å²) in [6.45, 7) is 6.23. The van der Waals surface area contributed by atoms with E-state index in [9.17, 15) is 14.7 Å². The number of ketones is 1. The van der Waals surface area contributed by atoms with E-state index in [0.717, 1.165) is 37.3 Å². The van der Waals surface area contributed by atoms with Gasteiger partial charge in [0.25, 0.3) is 11.7 Å². The van der Waals surface area contributed by atoms with Gasteiger partial charge in [0.05, 0.1) is 48.0 Å². The molecular weight excluding hydrogens is 456 g/mol. The summed E-state index contributed by atoms with van der Waals surface area (Å²) in [5.41, 5.74) is 2.86. The summed E-state index contributed by atoms with van der Waals surface area (Å²) in [5.74, 6) is -1.45. The van der Waals surface area contributed by atoms with Crippen molar-refractivity contribution in [2.24, 2.45) is 0 Å². The molecule has 1 aromatic heterocycles. The fraction of sp³-hybridized carbons (Fsp3) is 0.321. The molecule has 1 amide bonds. The predicted molar refractivity (Wildman–Crippen MR) is 136 cm³/mol. The van der Waals surface area contributed by atoms with E-state index >= 15 is 0 Å². The lowest BCUT2D eigenvalue weighted by molar-refractivity contribution is -0.140. The van der Waals surface area contributed by atoms with Crippen LogP contribution < -0.4 is 0 Å². The third-order valence-corrected chi connectivity index (χ3v) is 6.90. The van der Waals surface area contributed by atoms with Gasteiger partial charge in [0.1, 0.15) is 5.76 Å². The molecule has 2 aliphatic heterocycles. The topological polar surface area (TPSA) is 87.9 Å². The number of likely N-dealkylation sites (tertiary alicyclic amines) is 1. The number of para-hydroxylation sites is 1. The molecule has 0 spiro atoms. The number of aliphatic hydroxyl groups excluding tert-OH is 1. The van der Waals surface area contributed by atoms with Crippen LogP contribution in [0.5, 0.6) is 0 Å². The van der Waals surface area contributed by atoms with E-state index in [4.69, 9.17) is 4.74 Å². The fourth-order valence-electron chi connectivity index (χ4n) is 5.00. The molecule has 0 aliphatic carbocycles. The molecule has 0 radical (unpaired) electrons. The van der Waals surface area contributed by atoms with Gasteiger partial charge < -0.3 is 14.7 Å². The van der Waals surface area contributed by atoms with Gasteiger partial charge in [0.2, 0.25) is 0 Å². The molecule has 8 nitrogen and oxygen atoms in total. The fourth-order valence-corrected chi connectivity index (χ4v) is 5.00. The number of aromatic nitrogens is 2. The van der Waals surface area contributed by atoms with E-state index in [1.54, 1.807) is 15.8 Å². The molecular formula is C28H30N4O4. The summed E-state index contributed by atoms with van der Waals surface area (Å²) in [6, 6.07) is 18.3. The van der Waals surface area contributed by atoms with Gasteiger partial charge in [-0.2, -0.15) is 5.10 Å². The highest BCUT2D eigenvalue weighted by atomic mass is 16.5. The van der Waals surface area contributed by atoms with E-state index in [1.807, 2.05) is 67.6 Å². The number of Topliss-reactive ketones (excluding diaryl/α,β-unsaturated/α-hetero) is 1. The number of ether oxygens (including phenoxy) is 1. The van der Waals surface area contributed by atoms with Crippen LogP contribution >= 0.6 is 0 Å². The standard InChI is InChI=1S/C28H30N4O4/c1-20-23(19-29-32(20)22-11-6-3-7-12-22)26(33)24-25(21-9-4-2-5-10-21)31(28(35)27(24)34)14-8-13-30-15-17-36-18-16-30/h2-7,9-12,19,25,33H,8,13-18H2,1H3/b26-24+. The Morgan fingerprint density at radius 3 is 2.36 bits per heavy atom. The van der Waals surface area contributed by atoms with E-state index in [1.165, 1.54) is 0 Å². The quantitative estimate of drug-likeness (QED) is 0.313. The first kappa shape index (κ1) is 24.0. The molecule has 0 saturated carbocycles. The minimum atomic E-state index is -0.667. The Kier molecular flexibility index (Phi) is 6.97. The molecule has 0 bridgehead atoms. The van der Waals surface area contributed by atoms with Gasteiger partial charge in [-0.1, -0.05) is 48.5 Å². The number of carbonyl (C=O) groups excluding carboxylic acids is 2. The molecule has 2 aliphatic rings. The van der Waals surface area contributed by atoms with Crippen molar-refractivity contribution in [3.8, 4) is 5.69 Å². The predicted octanol–water partition coefficient (Wildman–Crippen LogP) is 3.32. The maximum absolute atomic E-state index is 13.3. The third kappa shape index (κ3) is 4.57. The largest absolute Gasteiger partial charge is 0.507 e. The van der Waals surface area contributed by atoms with Crippen molar-refractivity contribution in [1.82, 2.24) is 19.6 Å². The van der Waals surface area contributed by atoms with Crippen LogP contribution in [0.1, 0.15) is 29.3 Å². The molecule has 2 saturated heterocycles. The van der Waals surface area contributed by atoms with Crippen molar-refractivity contribution < 1.29 is 19.4 Å². The minimum Gasteiger partial charge on any atom is -0.507 e. The number of hydrogen-bond acceptors (Lipinski definition) is 6. The van der Waals surface area contributed by atoms with Crippen LogP contribution in [0.3, 0.4) is 0 Å². The Balaban J connectivity index is 1.49. The van der Waals surface area contributed by atoms with Gasteiger partial charge in [0, 0.05) is 26.2 Å². The zero-order valence-corrected chi connectivity index (χ0v) is 20.3. The molecule has 5 rings (SSSR count). The minimum absolute atomic E-state index is 0.105. The first-order chi connectivity index (χ1) is 17.6. The average Bonchev–Trinajstić information content (AvgIpc) is 3.42. The van der Waals surface area contributed by atoms with Crippen LogP contribution in [0, 0.1) is 6.92 Å². The summed E-state index contributed by atoms with van der Waals surface area (Å²) in [4.78, 5) is 30.4. The molecule has 8 heteroatoms. The Labute approximate surface area is 210 Å². The second-order valence-corrected chi connectivity index (χ2v) is 9.10. The first-order valence-electron chi connectivity index (χ1n) is 12.3. The lowest BCUT2D eigenvalue weighted by atomic mass is 9.95. The van der Waals surface area contributed by atoms with Gasteiger partial charge in [-0.3, -0.25) is 14.5 Å².